The van der Waals surface area contributed by atoms with Crippen molar-refractivity contribution in [2.24, 2.45) is 5.92 Å². The summed E-state index contributed by atoms with van der Waals surface area (Å²) < 4.78 is 28.6. The molecule has 3 aromatic rings. The topological polar surface area (TPSA) is 78.4 Å². The van der Waals surface area contributed by atoms with Gasteiger partial charge in [-0.2, -0.15) is 0 Å². The van der Waals surface area contributed by atoms with Crippen molar-refractivity contribution in [1.29, 1.82) is 0 Å². The van der Waals surface area contributed by atoms with Gasteiger partial charge in [-0.3, -0.25) is 14.5 Å². The van der Waals surface area contributed by atoms with E-state index in [9.17, 15) is 18.4 Å². The third kappa shape index (κ3) is 6.88. The molecule has 1 aromatic heterocycles. The summed E-state index contributed by atoms with van der Waals surface area (Å²) in [7, 11) is 0. The molecule has 2 fully saturated rings. The summed E-state index contributed by atoms with van der Waals surface area (Å²) in [5.74, 6) is -2.08. The van der Waals surface area contributed by atoms with Crippen LogP contribution in [0.4, 0.5) is 8.78 Å². The van der Waals surface area contributed by atoms with E-state index >= 15 is 0 Å². The number of hydrogen-bond acceptors (Lipinski definition) is 5. The number of nitrogens with zero attached hydrogens (tertiary/aromatic N) is 4. The van der Waals surface area contributed by atoms with Crippen LogP contribution in [-0.2, 0) is 4.79 Å². The maximum absolute atomic E-state index is 14.9. The molecule has 1 N–H and O–H groups in total. The Morgan fingerprint density at radius 3 is 2.33 bits per heavy atom. The van der Waals surface area contributed by atoms with E-state index in [1.165, 1.54) is 30.9 Å². The number of amides is 2. The lowest BCUT2D eigenvalue weighted by Crippen LogP contribution is -2.44. The van der Waals surface area contributed by atoms with Gasteiger partial charge in [0, 0.05) is 61.1 Å². The second-order valence-corrected chi connectivity index (χ2v) is 13.1. The molecule has 0 radical (unpaired) electrons. The van der Waals surface area contributed by atoms with E-state index in [0.29, 0.717) is 42.3 Å². The summed E-state index contributed by atoms with van der Waals surface area (Å²) >= 11 is 6.38. The molecule has 3 atom stereocenters. The highest BCUT2D eigenvalue weighted by molar-refractivity contribution is 6.30. The van der Waals surface area contributed by atoms with Gasteiger partial charge in [0.25, 0.3) is 5.91 Å². The molecule has 5 rings (SSSR count). The van der Waals surface area contributed by atoms with Crippen LogP contribution in [0.15, 0.2) is 55.1 Å². The number of aromatic nitrogens is 2. The van der Waals surface area contributed by atoms with Crippen molar-refractivity contribution in [3.05, 3.63) is 94.0 Å². The van der Waals surface area contributed by atoms with Gasteiger partial charge in [-0.05, 0) is 81.3 Å². The average molecular weight is 610 g/mol. The van der Waals surface area contributed by atoms with E-state index in [1.807, 2.05) is 30.0 Å². The van der Waals surface area contributed by atoms with E-state index in [1.54, 1.807) is 0 Å². The highest BCUT2D eigenvalue weighted by Gasteiger charge is 2.44. The molecule has 2 aromatic carbocycles. The molecule has 43 heavy (non-hydrogen) atoms. The first kappa shape index (κ1) is 31.0. The molecule has 2 aliphatic rings. The second kappa shape index (κ2) is 12.7. The molecule has 2 amide bonds. The molecular formula is C33H38ClF2N5O2. The largest absolute Gasteiger partial charge is 0.345 e. The van der Waals surface area contributed by atoms with Crippen LogP contribution >= 0.6 is 11.6 Å². The highest BCUT2D eigenvalue weighted by Crippen LogP contribution is 2.40. The van der Waals surface area contributed by atoms with Gasteiger partial charge in [-0.1, -0.05) is 23.7 Å². The van der Waals surface area contributed by atoms with Crippen molar-refractivity contribution in [3.63, 3.8) is 0 Å². The Hall–Kier alpha value is -3.43. The summed E-state index contributed by atoms with van der Waals surface area (Å²) in [6.45, 7) is 10.4. The summed E-state index contributed by atoms with van der Waals surface area (Å²) in [6.07, 6.45) is 5.82. The molecule has 0 saturated carbocycles. The lowest BCUT2D eigenvalue weighted by atomic mass is 9.83. The number of rotatable bonds is 6. The number of piperidine rings is 1. The van der Waals surface area contributed by atoms with Crippen LogP contribution in [0, 0.1) is 17.6 Å². The van der Waals surface area contributed by atoms with Gasteiger partial charge in [0.1, 0.15) is 18.0 Å². The van der Waals surface area contributed by atoms with Crippen molar-refractivity contribution in [2.75, 3.05) is 26.2 Å². The Morgan fingerprint density at radius 2 is 1.67 bits per heavy atom. The van der Waals surface area contributed by atoms with Gasteiger partial charge in [-0.25, -0.2) is 18.7 Å². The second-order valence-electron chi connectivity index (χ2n) is 12.6. The minimum Gasteiger partial charge on any atom is -0.345 e. The monoisotopic (exact) mass is 609 g/mol. The average Bonchev–Trinajstić information content (AvgIpc) is 3.43. The van der Waals surface area contributed by atoms with Crippen LogP contribution in [0.5, 0.6) is 0 Å². The first-order valence-corrected chi connectivity index (χ1v) is 15.1. The van der Waals surface area contributed by atoms with E-state index in [4.69, 9.17) is 11.6 Å². The predicted molar refractivity (Wildman–Crippen MR) is 162 cm³/mol. The Labute approximate surface area is 256 Å². The number of benzene rings is 2. The third-order valence-electron chi connectivity index (χ3n) is 8.88. The fourth-order valence-electron chi connectivity index (χ4n) is 6.43. The van der Waals surface area contributed by atoms with Gasteiger partial charge in [-0.15, -0.1) is 0 Å². The van der Waals surface area contributed by atoms with Crippen molar-refractivity contribution in [1.82, 2.24) is 25.1 Å². The fraction of sp³-hybridized carbons (Fsp3) is 0.455. The molecule has 2 aliphatic heterocycles. The van der Waals surface area contributed by atoms with Crippen LogP contribution in [-0.4, -0.2) is 63.3 Å². The number of carbonyl (C=O) groups is 2. The SMILES string of the molecule is C[C@H](NC(=O)c1cncnc1)c1cc(Cl)ccc1C1CCN(C(=O)C2CN(C(C)(C)C)CC2c2ccc(F)cc2F)CC1. The van der Waals surface area contributed by atoms with Crippen molar-refractivity contribution < 1.29 is 18.4 Å². The van der Waals surface area contributed by atoms with E-state index in [0.717, 1.165) is 30.0 Å². The summed E-state index contributed by atoms with van der Waals surface area (Å²) in [4.78, 5) is 38.7. The minimum absolute atomic E-state index is 0.0148. The molecule has 2 saturated heterocycles. The van der Waals surface area contributed by atoms with Crippen LogP contribution in [0.2, 0.25) is 5.02 Å². The molecular weight excluding hydrogens is 572 g/mol. The Kier molecular flexibility index (Phi) is 9.13. The molecule has 2 unspecified atom stereocenters. The fourth-order valence-corrected chi connectivity index (χ4v) is 6.61. The Morgan fingerprint density at radius 1 is 1.00 bits per heavy atom. The molecule has 3 heterocycles. The molecule has 10 heteroatoms. The zero-order valence-electron chi connectivity index (χ0n) is 25.0. The van der Waals surface area contributed by atoms with Crippen molar-refractivity contribution in [2.45, 2.75) is 64.0 Å². The normalized spacial score (nSPS) is 20.7. The number of nitrogens with one attached hydrogen (secondary N) is 1. The maximum atomic E-state index is 14.9. The van der Waals surface area contributed by atoms with Crippen LogP contribution in [0.3, 0.4) is 0 Å². The van der Waals surface area contributed by atoms with Crippen LogP contribution < -0.4 is 5.32 Å². The molecule has 228 valence electrons. The van der Waals surface area contributed by atoms with Crippen LogP contribution in [0.25, 0.3) is 0 Å². The number of carbonyl (C=O) groups excluding carboxylic acids is 2. The van der Waals surface area contributed by atoms with Crippen molar-refractivity contribution in [3.8, 4) is 0 Å². The van der Waals surface area contributed by atoms with Gasteiger partial charge < -0.3 is 10.2 Å². The highest BCUT2D eigenvalue weighted by atomic mass is 35.5. The van der Waals surface area contributed by atoms with E-state index in [2.05, 4.69) is 41.0 Å². The number of likely N-dealkylation sites (tertiary alicyclic amines) is 2. The maximum Gasteiger partial charge on any atom is 0.254 e. The third-order valence-corrected chi connectivity index (χ3v) is 9.11. The smallest absolute Gasteiger partial charge is 0.254 e. The zero-order valence-corrected chi connectivity index (χ0v) is 25.7. The first-order valence-electron chi connectivity index (χ1n) is 14.8. The summed E-state index contributed by atoms with van der Waals surface area (Å²) in [5, 5.41) is 3.61. The van der Waals surface area contributed by atoms with Gasteiger partial charge in [0.15, 0.2) is 0 Å². The Balaban J connectivity index is 1.30. The van der Waals surface area contributed by atoms with Gasteiger partial charge in [0.2, 0.25) is 5.91 Å². The predicted octanol–water partition coefficient (Wildman–Crippen LogP) is 6.12. The molecule has 7 nitrogen and oxygen atoms in total. The first-order chi connectivity index (χ1) is 20.4. The summed E-state index contributed by atoms with van der Waals surface area (Å²) in [5.41, 5.74) is 2.61. The van der Waals surface area contributed by atoms with Crippen LogP contribution in [0.1, 0.15) is 85.5 Å². The summed E-state index contributed by atoms with van der Waals surface area (Å²) in [6, 6.07) is 9.12. The number of halogens is 3. The van der Waals surface area contributed by atoms with Crippen molar-refractivity contribution >= 4 is 23.4 Å². The zero-order chi connectivity index (χ0) is 30.9. The Bertz CT molecular complexity index is 1470. The van der Waals surface area contributed by atoms with Gasteiger partial charge >= 0.3 is 0 Å². The molecule has 0 aliphatic carbocycles. The number of hydrogen-bond donors (Lipinski definition) is 1. The minimum atomic E-state index is -0.624. The van der Waals surface area contributed by atoms with Gasteiger partial charge in [0.05, 0.1) is 17.5 Å². The van der Waals surface area contributed by atoms with E-state index in [-0.39, 0.29) is 35.2 Å². The standard InChI is InChI=1S/C33H38ClF2N5O2/c1-20(39-31(42)22-15-37-19-38-16-22)27-13-23(34)5-7-25(27)21-9-11-40(12-10-21)32(43)29-18-41(33(2,3)4)17-28(29)26-8-6-24(35)14-30(26)36/h5-8,13-16,19-21,28-29H,9-12,17-18H2,1-4H3,(H,39,42)/t20-,28?,29?/m0/s1. The lowest BCUT2D eigenvalue weighted by Gasteiger charge is -2.36. The molecule has 0 bridgehead atoms. The van der Waals surface area contributed by atoms with E-state index < -0.39 is 17.6 Å². The lowest BCUT2D eigenvalue weighted by molar-refractivity contribution is -0.136. The molecule has 0 spiro atoms. The quantitative estimate of drug-likeness (QED) is 0.364.